The van der Waals surface area contributed by atoms with Gasteiger partial charge in [-0.15, -0.1) is 0 Å². The molecule has 1 aliphatic carbocycles. The molecule has 4 rings (SSSR count). The second-order valence-electron chi connectivity index (χ2n) is 6.04. The van der Waals surface area contributed by atoms with Crippen molar-refractivity contribution in [3.05, 3.63) is 36.3 Å². The van der Waals surface area contributed by atoms with E-state index in [2.05, 4.69) is 25.2 Å². The number of aromatic amines is 1. The first-order valence-corrected chi connectivity index (χ1v) is 8.06. The molecule has 0 spiro atoms. The summed E-state index contributed by atoms with van der Waals surface area (Å²) in [5.74, 6) is 1.77. The second-order valence-corrected chi connectivity index (χ2v) is 6.04. The molecule has 23 heavy (non-hydrogen) atoms. The summed E-state index contributed by atoms with van der Waals surface area (Å²) in [6, 6.07) is 4.32. The molecule has 2 fully saturated rings. The van der Waals surface area contributed by atoms with E-state index in [-0.39, 0.29) is 5.91 Å². The minimum absolute atomic E-state index is 0.0505. The van der Waals surface area contributed by atoms with Crippen molar-refractivity contribution >= 4 is 17.7 Å². The number of anilines is 2. The van der Waals surface area contributed by atoms with Crippen LogP contribution in [0.15, 0.2) is 30.7 Å². The molecule has 0 aromatic carbocycles. The lowest BCUT2D eigenvalue weighted by Gasteiger charge is -2.34. The summed E-state index contributed by atoms with van der Waals surface area (Å²) >= 11 is 0. The minimum atomic E-state index is 0.0505. The molecule has 2 aromatic heterocycles. The maximum Gasteiger partial charge on any atom is 0.255 e. The van der Waals surface area contributed by atoms with Crippen LogP contribution in [0.3, 0.4) is 0 Å². The Morgan fingerprint density at radius 3 is 2.61 bits per heavy atom. The predicted molar refractivity (Wildman–Crippen MR) is 87.6 cm³/mol. The van der Waals surface area contributed by atoms with E-state index in [9.17, 15) is 4.79 Å². The molecule has 7 nitrogen and oxygen atoms in total. The number of H-pyrrole nitrogens is 1. The standard InChI is InChI=1S/C16H20N6O/c23-15(12-1-4-14(19-11-12)20-13-2-3-13)21-7-9-22(10-8-21)16-17-5-6-18-16/h1,4-6,11,13H,2-3,7-10H2,(H,17,18)(H,19,20). The number of rotatable bonds is 4. The zero-order valence-electron chi connectivity index (χ0n) is 12.9. The van der Waals surface area contributed by atoms with Gasteiger partial charge in [0.25, 0.3) is 5.91 Å². The number of carbonyl (C=O) groups is 1. The van der Waals surface area contributed by atoms with Gasteiger partial charge in [-0.1, -0.05) is 0 Å². The number of nitrogens with zero attached hydrogens (tertiary/aromatic N) is 4. The molecule has 1 amide bonds. The predicted octanol–water partition coefficient (Wildman–Crippen LogP) is 1.34. The van der Waals surface area contributed by atoms with Gasteiger partial charge in [-0.05, 0) is 25.0 Å². The monoisotopic (exact) mass is 312 g/mol. The number of amides is 1. The third-order valence-electron chi connectivity index (χ3n) is 4.29. The Balaban J connectivity index is 1.35. The van der Waals surface area contributed by atoms with E-state index >= 15 is 0 Å². The van der Waals surface area contributed by atoms with Gasteiger partial charge >= 0.3 is 0 Å². The van der Waals surface area contributed by atoms with Gasteiger partial charge in [0.15, 0.2) is 0 Å². The molecule has 7 heteroatoms. The van der Waals surface area contributed by atoms with Gasteiger partial charge in [-0.3, -0.25) is 4.79 Å². The third kappa shape index (κ3) is 3.13. The van der Waals surface area contributed by atoms with Crippen molar-refractivity contribution < 1.29 is 4.79 Å². The molecule has 2 N–H and O–H groups in total. The highest BCUT2D eigenvalue weighted by atomic mass is 16.2. The Morgan fingerprint density at radius 1 is 1.17 bits per heavy atom. The summed E-state index contributed by atoms with van der Waals surface area (Å²) in [6.45, 7) is 2.96. The quantitative estimate of drug-likeness (QED) is 0.891. The molecule has 0 radical (unpaired) electrons. The number of carbonyl (C=O) groups excluding carboxylic acids is 1. The normalized spacial score (nSPS) is 18.1. The van der Waals surface area contributed by atoms with Crippen LogP contribution >= 0.6 is 0 Å². The van der Waals surface area contributed by atoms with Crippen LogP contribution in [0.2, 0.25) is 0 Å². The fraction of sp³-hybridized carbons (Fsp3) is 0.438. The molecule has 2 aliphatic rings. The number of piperazine rings is 1. The zero-order valence-corrected chi connectivity index (χ0v) is 12.9. The molecule has 1 aliphatic heterocycles. The lowest BCUT2D eigenvalue weighted by Crippen LogP contribution is -2.49. The molecule has 0 bridgehead atoms. The summed E-state index contributed by atoms with van der Waals surface area (Å²) < 4.78 is 0. The highest BCUT2D eigenvalue weighted by Crippen LogP contribution is 2.23. The molecule has 1 saturated heterocycles. The van der Waals surface area contributed by atoms with E-state index in [1.54, 1.807) is 12.4 Å². The van der Waals surface area contributed by atoms with E-state index in [1.165, 1.54) is 12.8 Å². The van der Waals surface area contributed by atoms with Gasteiger partial charge in [0.2, 0.25) is 5.95 Å². The van der Waals surface area contributed by atoms with E-state index in [0.717, 1.165) is 24.9 Å². The SMILES string of the molecule is O=C(c1ccc(NC2CC2)nc1)N1CCN(c2ncc[nH]2)CC1. The number of hydrogen-bond donors (Lipinski definition) is 2. The summed E-state index contributed by atoms with van der Waals surface area (Å²) in [6.07, 6.45) is 7.65. The van der Waals surface area contributed by atoms with E-state index in [4.69, 9.17) is 0 Å². The Morgan fingerprint density at radius 2 is 2.00 bits per heavy atom. The smallest absolute Gasteiger partial charge is 0.255 e. The van der Waals surface area contributed by atoms with Crippen molar-refractivity contribution in [3.63, 3.8) is 0 Å². The molecule has 0 unspecified atom stereocenters. The lowest BCUT2D eigenvalue weighted by atomic mass is 10.2. The van der Waals surface area contributed by atoms with Gasteiger partial charge < -0.3 is 20.1 Å². The Hall–Kier alpha value is -2.57. The van der Waals surface area contributed by atoms with Crippen molar-refractivity contribution in [1.29, 1.82) is 0 Å². The molecule has 1 saturated carbocycles. The van der Waals surface area contributed by atoms with Gasteiger partial charge in [-0.2, -0.15) is 0 Å². The summed E-state index contributed by atoms with van der Waals surface area (Å²) in [5, 5.41) is 3.33. The topological polar surface area (TPSA) is 77.2 Å². The molecule has 2 aromatic rings. The van der Waals surface area contributed by atoms with E-state index in [1.807, 2.05) is 23.2 Å². The largest absolute Gasteiger partial charge is 0.367 e. The molecular weight excluding hydrogens is 292 g/mol. The van der Waals surface area contributed by atoms with Gasteiger partial charge in [0, 0.05) is 50.8 Å². The second kappa shape index (κ2) is 5.91. The van der Waals surface area contributed by atoms with Crippen molar-refractivity contribution in [2.24, 2.45) is 0 Å². The molecule has 0 atom stereocenters. The van der Waals surface area contributed by atoms with Crippen molar-refractivity contribution in [2.45, 2.75) is 18.9 Å². The average molecular weight is 312 g/mol. The number of aromatic nitrogens is 3. The maximum absolute atomic E-state index is 12.6. The Kier molecular flexibility index (Phi) is 3.61. The van der Waals surface area contributed by atoms with E-state index in [0.29, 0.717) is 24.7 Å². The minimum Gasteiger partial charge on any atom is -0.367 e. The average Bonchev–Trinajstić information content (AvgIpc) is 3.24. The first kappa shape index (κ1) is 14.0. The highest BCUT2D eigenvalue weighted by molar-refractivity contribution is 5.94. The van der Waals surface area contributed by atoms with Crippen LogP contribution in [0.4, 0.5) is 11.8 Å². The van der Waals surface area contributed by atoms with Crippen LogP contribution in [-0.4, -0.2) is 58.0 Å². The number of imidazole rings is 1. The third-order valence-corrected chi connectivity index (χ3v) is 4.29. The fourth-order valence-electron chi connectivity index (χ4n) is 2.78. The van der Waals surface area contributed by atoms with E-state index < -0.39 is 0 Å². The van der Waals surface area contributed by atoms with Gasteiger partial charge in [-0.25, -0.2) is 9.97 Å². The lowest BCUT2D eigenvalue weighted by molar-refractivity contribution is 0.0746. The van der Waals surface area contributed by atoms with Crippen LogP contribution in [0.1, 0.15) is 23.2 Å². The molecular formula is C16H20N6O. The van der Waals surface area contributed by atoms with Gasteiger partial charge in [0.1, 0.15) is 5.82 Å². The van der Waals surface area contributed by atoms with Crippen LogP contribution in [0.5, 0.6) is 0 Å². The first-order valence-electron chi connectivity index (χ1n) is 8.06. The summed E-state index contributed by atoms with van der Waals surface area (Å²) in [7, 11) is 0. The van der Waals surface area contributed by atoms with Crippen LogP contribution in [0, 0.1) is 0 Å². The van der Waals surface area contributed by atoms with Crippen LogP contribution in [-0.2, 0) is 0 Å². The van der Waals surface area contributed by atoms with Crippen molar-refractivity contribution in [2.75, 3.05) is 36.4 Å². The molecule has 120 valence electrons. The van der Waals surface area contributed by atoms with Crippen LogP contribution in [0.25, 0.3) is 0 Å². The summed E-state index contributed by atoms with van der Waals surface area (Å²) in [4.78, 5) is 28.3. The Labute approximate surface area is 134 Å². The summed E-state index contributed by atoms with van der Waals surface area (Å²) in [5.41, 5.74) is 0.651. The fourth-order valence-corrected chi connectivity index (χ4v) is 2.78. The van der Waals surface area contributed by atoms with Gasteiger partial charge in [0.05, 0.1) is 5.56 Å². The Bertz CT molecular complexity index is 656. The van der Waals surface area contributed by atoms with Crippen LogP contribution < -0.4 is 10.2 Å². The number of hydrogen-bond acceptors (Lipinski definition) is 5. The number of nitrogens with one attached hydrogen (secondary N) is 2. The maximum atomic E-state index is 12.6. The number of pyridine rings is 1. The van der Waals surface area contributed by atoms with Crippen molar-refractivity contribution in [1.82, 2.24) is 19.9 Å². The van der Waals surface area contributed by atoms with Crippen molar-refractivity contribution in [3.8, 4) is 0 Å². The molecule has 3 heterocycles. The zero-order chi connectivity index (χ0) is 15.6. The first-order chi connectivity index (χ1) is 11.3. The highest BCUT2D eigenvalue weighted by Gasteiger charge is 2.24.